The predicted octanol–water partition coefficient (Wildman–Crippen LogP) is 4.10. The molecule has 3 heteroatoms. The van der Waals surface area contributed by atoms with Crippen molar-refractivity contribution < 1.29 is 4.42 Å². The summed E-state index contributed by atoms with van der Waals surface area (Å²) in [5.74, 6) is 1.76. The van der Waals surface area contributed by atoms with Crippen molar-refractivity contribution in [1.29, 1.82) is 0 Å². The molecule has 1 aromatic carbocycles. The number of nitrogens with one attached hydrogen (secondary N) is 1. The Labute approximate surface area is 107 Å². The van der Waals surface area contributed by atoms with E-state index >= 15 is 0 Å². The lowest BCUT2D eigenvalue weighted by molar-refractivity contribution is 0.493. The van der Waals surface area contributed by atoms with E-state index in [1.807, 2.05) is 36.4 Å². The summed E-state index contributed by atoms with van der Waals surface area (Å²) in [5, 5.41) is 4.02. The second-order valence-corrected chi connectivity index (χ2v) is 4.33. The van der Waals surface area contributed by atoms with Crippen LogP contribution < -0.4 is 5.32 Å². The Morgan fingerprint density at radius 2 is 2.00 bits per heavy atom. The van der Waals surface area contributed by atoms with Gasteiger partial charge in [0.05, 0.1) is 11.6 Å². The molecule has 1 aromatic heterocycles. The van der Waals surface area contributed by atoms with Crippen LogP contribution in [0.4, 0.5) is 0 Å². The second-order valence-electron chi connectivity index (χ2n) is 3.92. The van der Waals surface area contributed by atoms with Gasteiger partial charge in [-0.05, 0) is 37.2 Å². The highest BCUT2D eigenvalue weighted by molar-refractivity contribution is 6.33. The molecule has 0 radical (unpaired) electrons. The third-order valence-electron chi connectivity index (χ3n) is 2.53. The van der Waals surface area contributed by atoms with Crippen molar-refractivity contribution in [3.05, 3.63) is 47.2 Å². The molecule has 2 aromatic rings. The number of halogens is 1. The van der Waals surface area contributed by atoms with Crippen LogP contribution in [0.1, 0.15) is 19.1 Å². The molecule has 0 fully saturated rings. The lowest BCUT2D eigenvalue weighted by atomic mass is 10.2. The van der Waals surface area contributed by atoms with Crippen molar-refractivity contribution in [2.75, 3.05) is 6.54 Å². The monoisotopic (exact) mass is 249 g/mol. The van der Waals surface area contributed by atoms with Gasteiger partial charge < -0.3 is 9.73 Å². The van der Waals surface area contributed by atoms with Gasteiger partial charge in [-0.3, -0.25) is 0 Å². The molecule has 0 aliphatic heterocycles. The van der Waals surface area contributed by atoms with E-state index in [2.05, 4.69) is 12.2 Å². The third kappa shape index (κ3) is 3.11. The highest BCUT2D eigenvalue weighted by Gasteiger charge is 2.07. The third-order valence-corrected chi connectivity index (χ3v) is 2.86. The molecule has 0 unspecified atom stereocenters. The molecule has 17 heavy (non-hydrogen) atoms. The summed E-state index contributed by atoms with van der Waals surface area (Å²) in [5.41, 5.74) is 0.941. The average molecular weight is 250 g/mol. The minimum Gasteiger partial charge on any atom is -0.460 e. The van der Waals surface area contributed by atoms with Gasteiger partial charge in [-0.2, -0.15) is 0 Å². The quantitative estimate of drug-likeness (QED) is 0.807. The molecule has 0 atom stereocenters. The molecular weight excluding hydrogens is 234 g/mol. The Hall–Kier alpha value is -1.25. The number of rotatable bonds is 5. The largest absolute Gasteiger partial charge is 0.460 e. The fourth-order valence-electron chi connectivity index (χ4n) is 1.67. The fraction of sp³-hybridized carbons (Fsp3) is 0.286. The maximum Gasteiger partial charge on any atom is 0.135 e. The Morgan fingerprint density at radius 3 is 2.76 bits per heavy atom. The van der Waals surface area contributed by atoms with Crippen LogP contribution in [0.25, 0.3) is 11.3 Å². The van der Waals surface area contributed by atoms with E-state index in [-0.39, 0.29) is 0 Å². The molecule has 0 saturated carbocycles. The molecule has 90 valence electrons. The van der Waals surface area contributed by atoms with Crippen molar-refractivity contribution in [2.45, 2.75) is 19.9 Å². The van der Waals surface area contributed by atoms with E-state index in [0.717, 1.165) is 41.6 Å². The van der Waals surface area contributed by atoms with Gasteiger partial charge in [0.25, 0.3) is 0 Å². The van der Waals surface area contributed by atoms with Crippen molar-refractivity contribution >= 4 is 11.6 Å². The Bertz CT molecular complexity index is 479. The van der Waals surface area contributed by atoms with Gasteiger partial charge in [-0.15, -0.1) is 0 Å². The van der Waals surface area contributed by atoms with Crippen LogP contribution in [0.15, 0.2) is 40.8 Å². The molecule has 0 aliphatic carbocycles. The highest BCUT2D eigenvalue weighted by Crippen LogP contribution is 2.28. The summed E-state index contributed by atoms with van der Waals surface area (Å²) in [6.45, 7) is 3.91. The molecule has 0 saturated heterocycles. The van der Waals surface area contributed by atoms with Crippen LogP contribution >= 0.6 is 11.6 Å². The van der Waals surface area contributed by atoms with Crippen LogP contribution in [-0.2, 0) is 6.54 Å². The van der Waals surface area contributed by atoms with E-state index in [4.69, 9.17) is 16.0 Å². The Kier molecular flexibility index (Phi) is 4.24. The first-order valence-corrected chi connectivity index (χ1v) is 6.23. The van der Waals surface area contributed by atoms with E-state index in [1.54, 1.807) is 0 Å². The fourth-order valence-corrected chi connectivity index (χ4v) is 1.90. The minimum atomic E-state index is 0.718. The van der Waals surface area contributed by atoms with E-state index < -0.39 is 0 Å². The lowest BCUT2D eigenvalue weighted by Gasteiger charge is -2.01. The minimum absolute atomic E-state index is 0.718. The van der Waals surface area contributed by atoms with E-state index in [9.17, 15) is 0 Å². The summed E-state index contributed by atoms with van der Waals surface area (Å²) in [7, 11) is 0. The van der Waals surface area contributed by atoms with Gasteiger partial charge >= 0.3 is 0 Å². The van der Waals surface area contributed by atoms with Crippen molar-refractivity contribution in [3.63, 3.8) is 0 Å². The Morgan fingerprint density at radius 1 is 1.18 bits per heavy atom. The average Bonchev–Trinajstić information content (AvgIpc) is 2.79. The van der Waals surface area contributed by atoms with E-state index in [0.29, 0.717) is 0 Å². The van der Waals surface area contributed by atoms with Crippen molar-refractivity contribution in [2.24, 2.45) is 0 Å². The zero-order valence-corrected chi connectivity index (χ0v) is 10.6. The van der Waals surface area contributed by atoms with Crippen molar-refractivity contribution in [3.8, 4) is 11.3 Å². The van der Waals surface area contributed by atoms with Gasteiger partial charge in [-0.25, -0.2) is 0 Å². The van der Waals surface area contributed by atoms with E-state index in [1.165, 1.54) is 0 Å². The normalized spacial score (nSPS) is 10.7. The molecule has 2 rings (SSSR count). The first-order valence-electron chi connectivity index (χ1n) is 5.85. The molecule has 1 heterocycles. The standard InChI is InChI=1S/C14H16ClNO/c1-2-9-16-10-11-7-8-14(17-11)12-5-3-4-6-13(12)15/h3-8,16H,2,9-10H2,1H3. The van der Waals surface area contributed by atoms with Crippen LogP contribution in [0.5, 0.6) is 0 Å². The molecule has 1 N–H and O–H groups in total. The molecule has 2 nitrogen and oxygen atoms in total. The van der Waals surface area contributed by atoms with Crippen LogP contribution in [0.3, 0.4) is 0 Å². The zero-order chi connectivity index (χ0) is 12.1. The lowest BCUT2D eigenvalue weighted by Crippen LogP contribution is -2.12. The summed E-state index contributed by atoms with van der Waals surface area (Å²) >= 11 is 6.12. The molecule has 0 spiro atoms. The zero-order valence-electron chi connectivity index (χ0n) is 9.87. The number of benzene rings is 1. The summed E-state index contributed by atoms with van der Waals surface area (Å²) in [6.07, 6.45) is 1.12. The van der Waals surface area contributed by atoms with Crippen LogP contribution in [0, 0.1) is 0 Å². The smallest absolute Gasteiger partial charge is 0.135 e. The second kappa shape index (κ2) is 5.89. The van der Waals surface area contributed by atoms with Gasteiger partial charge in [0.1, 0.15) is 11.5 Å². The molecule has 0 bridgehead atoms. The van der Waals surface area contributed by atoms with Crippen LogP contribution in [-0.4, -0.2) is 6.54 Å². The number of hydrogen-bond acceptors (Lipinski definition) is 2. The first-order chi connectivity index (χ1) is 8.31. The maximum atomic E-state index is 6.12. The SMILES string of the molecule is CCCNCc1ccc(-c2ccccc2Cl)o1. The summed E-state index contributed by atoms with van der Waals surface area (Å²) < 4.78 is 5.75. The maximum absolute atomic E-state index is 6.12. The van der Waals surface area contributed by atoms with Crippen LogP contribution in [0.2, 0.25) is 5.02 Å². The van der Waals surface area contributed by atoms with Gasteiger partial charge in [0.2, 0.25) is 0 Å². The number of furan rings is 1. The summed E-state index contributed by atoms with van der Waals surface area (Å²) in [4.78, 5) is 0. The van der Waals surface area contributed by atoms with Gasteiger partial charge in [0, 0.05) is 5.56 Å². The Balaban J connectivity index is 2.10. The molecule has 0 aliphatic rings. The topological polar surface area (TPSA) is 25.2 Å². The number of hydrogen-bond donors (Lipinski definition) is 1. The van der Waals surface area contributed by atoms with Gasteiger partial charge in [0.15, 0.2) is 0 Å². The summed E-state index contributed by atoms with van der Waals surface area (Å²) in [6, 6.07) is 11.7. The molecular formula is C14H16ClNO. The highest BCUT2D eigenvalue weighted by atomic mass is 35.5. The first kappa shape index (κ1) is 12.2. The molecule has 0 amide bonds. The van der Waals surface area contributed by atoms with Gasteiger partial charge in [-0.1, -0.05) is 30.7 Å². The van der Waals surface area contributed by atoms with Crippen molar-refractivity contribution in [1.82, 2.24) is 5.32 Å². The predicted molar refractivity (Wildman–Crippen MR) is 71.2 cm³/mol.